The summed E-state index contributed by atoms with van der Waals surface area (Å²) in [5.74, 6) is 0.945. The van der Waals surface area contributed by atoms with Crippen LogP contribution < -0.4 is 5.73 Å². The molecule has 0 spiro atoms. The Morgan fingerprint density at radius 1 is 1.40 bits per heavy atom. The predicted molar refractivity (Wildman–Crippen MR) is 85.1 cm³/mol. The second-order valence-corrected chi connectivity index (χ2v) is 6.04. The second kappa shape index (κ2) is 6.64. The van der Waals surface area contributed by atoms with Gasteiger partial charge in [-0.2, -0.15) is 4.98 Å². The molecule has 2 N–H and O–H groups in total. The topological polar surface area (TPSA) is 74.2 Å². The maximum Gasteiger partial charge on any atom is 0.259 e. The van der Waals surface area contributed by atoms with Crippen LogP contribution in [0.4, 0.5) is 0 Å². The molecule has 0 saturated carbocycles. The zero-order valence-corrected chi connectivity index (χ0v) is 13.8. The third-order valence-electron chi connectivity index (χ3n) is 2.79. The fourth-order valence-corrected chi connectivity index (χ4v) is 2.31. The number of nitrogens with two attached hydrogens (primary N) is 1. The van der Waals surface area contributed by atoms with Crippen molar-refractivity contribution < 1.29 is 9.26 Å². The van der Waals surface area contributed by atoms with E-state index in [2.05, 4.69) is 39.7 Å². The average Bonchev–Trinajstić information content (AvgIpc) is 2.90. The van der Waals surface area contributed by atoms with Crippen molar-refractivity contribution in [2.24, 2.45) is 5.73 Å². The van der Waals surface area contributed by atoms with E-state index in [0.717, 1.165) is 15.6 Å². The van der Waals surface area contributed by atoms with Crippen LogP contribution in [0, 0.1) is 3.57 Å². The van der Waals surface area contributed by atoms with Crippen molar-refractivity contribution >= 4 is 22.6 Å². The van der Waals surface area contributed by atoms with Crippen molar-refractivity contribution in [1.29, 1.82) is 0 Å². The van der Waals surface area contributed by atoms with Gasteiger partial charge in [-0.15, -0.1) is 0 Å². The van der Waals surface area contributed by atoms with Gasteiger partial charge in [-0.1, -0.05) is 24.2 Å². The number of hydrogen-bond donors (Lipinski definition) is 1. The standard InChI is InChI=1S/C14H18IN3O2/c1-3-8-19-9-14(2,16)13-17-12(20-18-13)10-6-4-5-7-11(10)15/h4-7H,3,8-9,16H2,1-2H3. The Balaban J connectivity index is 2.18. The molecule has 5 nitrogen and oxygen atoms in total. The minimum absolute atomic E-state index is 0.367. The number of halogens is 1. The smallest absolute Gasteiger partial charge is 0.259 e. The van der Waals surface area contributed by atoms with Crippen LogP contribution >= 0.6 is 22.6 Å². The van der Waals surface area contributed by atoms with E-state index in [-0.39, 0.29) is 0 Å². The highest BCUT2D eigenvalue weighted by atomic mass is 127. The molecule has 1 atom stereocenters. The molecule has 1 aromatic heterocycles. The summed E-state index contributed by atoms with van der Waals surface area (Å²) in [6.45, 7) is 4.94. The van der Waals surface area contributed by atoms with E-state index in [1.54, 1.807) is 0 Å². The van der Waals surface area contributed by atoms with Crippen LogP contribution in [0.1, 0.15) is 26.1 Å². The minimum atomic E-state index is -0.753. The van der Waals surface area contributed by atoms with E-state index in [1.807, 2.05) is 31.2 Å². The van der Waals surface area contributed by atoms with Crippen molar-refractivity contribution in [3.05, 3.63) is 33.7 Å². The van der Waals surface area contributed by atoms with Gasteiger partial charge in [-0.25, -0.2) is 0 Å². The molecule has 2 rings (SSSR count). The van der Waals surface area contributed by atoms with Crippen LogP contribution in [-0.2, 0) is 10.3 Å². The molecule has 0 bridgehead atoms. The molecular formula is C14H18IN3O2. The Morgan fingerprint density at radius 2 is 2.15 bits per heavy atom. The summed E-state index contributed by atoms with van der Waals surface area (Å²) < 4.78 is 11.9. The Bertz CT molecular complexity index is 569. The fourth-order valence-electron chi connectivity index (χ4n) is 1.69. The molecule has 0 fully saturated rings. The largest absolute Gasteiger partial charge is 0.379 e. The van der Waals surface area contributed by atoms with E-state index in [4.69, 9.17) is 15.0 Å². The maximum atomic E-state index is 6.20. The molecule has 1 heterocycles. The third kappa shape index (κ3) is 3.56. The summed E-state index contributed by atoms with van der Waals surface area (Å²) in [6, 6.07) is 7.84. The van der Waals surface area contributed by atoms with Crippen molar-refractivity contribution in [3.8, 4) is 11.5 Å². The quantitative estimate of drug-likeness (QED) is 0.610. The van der Waals surface area contributed by atoms with E-state index < -0.39 is 5.54 Å². The van der Waals surface area contributed by atoms with E-state index in [1.165, 1.54) is 0 Å². The van der Waals surface area contributed by atoms with Gasteiger partial charge in [0.15, 0.2) is 5.82 Å². The van der Waals surface area contributed by atoms with Crippen LogP contribution in [0.15, 0.2) is 28.8 Å². The summed E-state index contributed by atoms with van der Waals surface area (Å²) in [5, 5.41) is 3.99. The van der Waals surface area contributed by atoms with E-state index >= 15 is 0 Å². The lowest BCUT2D eigenvalue weighted by atomic mass is 10.1. The summed E-state index contributed by atoms with van der Waals surface area (Å²) in [7, 11) is 0. The summed E-state index contributed by atoms with van der Waals surface area (Å²) in [6.07, 6.45) is 0.954. The first-order chi connectivity index (χ1) is 9.54. The lowest BCUT2D eigenvalue weighted by Crippen LogP contribution is -2.39. The van der Waals surface area contributed by atoms with Crippen LogP contribution in [-0.4, -0.2) is 23.4 Å². The number of benzene rings is 1. The third-order valence-corrected chi connectivity index (χ3v) is 3.73. The molecule has 0 amide bonds. The van der Waals surface area contributed by atoms with Gasteiger partial charge in [0.05, 0.1) is 12.2 Å². The lowest BCUT2D eigenvalue weighted by Gasteiger charge is -2.19. The second-order valence-electron chi connectivity index (χ2n) is 4.87. The summed E-state index contributed by atoms with van der Waals surface area (Å²) in [5.41, 5.74) is 6.36. The van der Waals surface area contributed by atoms with E-state index in [0.29, 0.717) is 24.9 Å². The number of ether oxygens (including phenoxy) is 1. The monoisotopic (exact) mass is 387 g/mol. The molecule has 2 aromatic rings. The summed E-state index contributed by atoms with van der Waals surface area (Å²) in [4.78, 5) is 4.40. The Hall–Kier alpha value is -0.990. The van der Waals surface area contributed by atoms with Gasteiger partial charge >= 0.3 is 0 Å². The maximum absolute atomic E-state index is 6.20. The van der Waals surface area contributed by atoms with Gasteiger partial charge in [0, 0.05) is 10.2 Å². The molecule has 6 heteroatoms. The highest BCUT2D eigenvalue weighted by Crippen LogP contribution is 2.25. The molecule has 20 heavy (non-hydrogen) atoms. The fraction of sp³-hybridized carbons (Fsp3) is 0.429. The van der Waals surface area contributed by atoms with Gasteiger partial charge in [-0.05, 0) is 48.1 Å². The van der Waals surface area contributed by atoms with Crippen LogP contribution in [0.5, 0.6) is 0 Å². The Labute approximate surface area is 132 Å². The van der Waals surface area contributed by atoms with Crippen molar-refractivity contribution in [3.63, 3.8) is 0 Å². The van der Waals surface area contributed by atoms with Crippen molar-refractivity contribution in [2.45, 2.75) is 25.8 Å². The van der Waals surface area contributed by atoms with Gasteiger partial charge in [0.1, 0.15) is 5.54 Å². The minimum Gasteiger partial charge on any atom is -0.379 e. The number of rotatable bonds is 6. The van der Waals surface area contributed by atoms with Gasteiger partial charge in [-0.3, -0.25) is 0 Å². The van der Waals surface area contributed by atoms with Crippen molar-refractivity contribution in [2.75, 3.05) is 13.2 Å². The molecule has 0 saturated heterocycles. The zero-order valence-electron chi connectivity index (χ0n) is 11.6. The highest BCUT2D eigenvalue weighted by Gasteiger charge is 2.28. The molecule has 1 aromatic carbocycles. The molecule has 0 aliphatic rings. The van der Waals surface area contributed by atoms with Crippen LogP contribution in [0.25, 0.3) is 11.5 Å². The zero-order chi connectivity index (χ0) is 14.6. The van der Waals surface area contributed by atoms with Crippen molar-refractivity contribution in [1.82, 2.24) is 10.1 Å². The van der Waals surface area contributed by atoms with Gasteiger partial charge in [0.25, 0.3) is 5.89 Å². The van der Waals surface area contributed by atoms with Gasteiger partial charge in [0.2, 0.25) is 0 Å². The normalized spacial score (nSPS) is 14.2. The highest BCUT2D eigenvalue weighted by molar-refractivity contribution is 14.1. The molecule has 0 radical (unpaired) electrons. The molecule has 108 valence electrons. The Kier molecular flexibility index (Phi) is 5.11. The first-order valence-corrected chi connectivity index (χ1v) is 7.58. The van der Waals surface area contributed by atoms with Crippen LogP contribution in [0.2, 0.25) is 0 Å². The van der Waals surface area contributed by atoms with E-state index in [9.17, 15) is 0 Å². The number of nitrogens with zero attached hydrogens (tertiary/aromatic N) is 2. The molecule has 0 aliphatic heterocycles. The average molecular weight is 387 g/mol. The number of aromatic nitrogens is 2. The molecule has 1 unspecified atom stereocenters. The van der Waals surface area contributed by atoms with Crippen LogP contribution in [0.3, 0.4) is 0 Å². The van der Waals surface area contributed by atoms with Gasteiger partial charge < -0.3 is 15.0 Å². The first kappa shape index (κ1) is 15.4. The predicted octanol–water partition coefficient (Wildman–Crippen LogP) is 2.94. The lowest BCUT2D eigenvalue weighted by molar-refractivity contribution is 0.0867. The number of hydrogen-bond acceptors (Lipinski definition) is 5. The summed E-state index contributed by atoms with van der Waals surface area (Å²) >= 11 is 2.24. The molecule has 0 aliphatic carbocycles. The Morgan fingerprint density at radius 3 is 2.85 bits per heavy atom. The SMILES string of the molecule is CCCOCC(C)(N)c1noc(-c2ccccc2I)n1. The molecular weight excluding hydrogens is 369 g/mol. The first-order valence-electron chi connectivity index (χ1n) is 6.50.